The highest BCUT2D eigenvalue weighted by molar-refractivity contribution is 4.77. The van der Waals surface area contributed by atoms with Crippen LogP contribution in [0.15, 0.2) is 0 Å². The third-order valence-electron chi connectivity index (χ3n) is 2.47. The average molecular weight is 137 g/mol. The van der Waals surface area contributed by atoms with Crippen LogP contribution < -0.4 is 0 Å². The molecule has 10 heavy (non-hydrogen) atoms. The Kier molecular flexibility index (Phi) is 2.74. The van der Waals surface area contributed by atoms with Gasteiger partial charge in [0.25, 0.3) is 0 Å². The Bertz CT molecular complexity index is 134. The van der Waals surface area contributed by atoms with Gasteiger partial charge in [-0.25, -0.2) is 0 Å². The van der Waals surface area contributed by atoms with E-state index < -0.39 is 0 Å². The molecule has 1 aliphatic carbocycles. The number of hydrogen-bond acceptors (Lipinski definition) is 1. The molecule has 1 aliphatic rings. The summed E-state index contributed by atoms with van der Waals surface area (Å²) in [5, 5.41) is 8.34. The van der Waals surface area contributed by atoms with Crippen LogP contribution in [0.4, 0.5) is 0 Å². The first-order valence-corrected chi connectivity index (χ1v) is 4.20. The van der Waals surface area contributed by atoms with E-state index in [9.17, 15) is 0 Å². The Morgan fingerprint density at radius 2 is 2.30 bits per heavy atom. The van der Waals surface area contributed by atoms with Gasteiger partial charge in [-0.1, -0.05) is 19.8 Å². The highest BCUT2D eigenvalue weighted by Crippen LogP contribution is 2.32. The number of nitriles is 1. The van der Waals surface area contributed by atoms with Crippen LogP contribution in [0.3, 0.4) is 0 Å². The fourth-order valence-corrected chi connectivity index (χ4v) is 1.86. The van der Waals surface area contributed by atoms with Crippen LogP contribution in [-0.4, -0.2) is 0 Å². The lowest BCUT2D eigenvalue weighted by Gasteiger charge is -2.04. The summed E-state index contributed by atoms with van der Waals surface area (Å²) in [6.45, 7) is 2.31. The number of hydrogen-bond donors (Lipinski definition) is 0. The zero-order chi connectivity index (χ0) is 7.40. The largest absolute Gasteiger partial charge is 0.198 e. The SMILES string of the molecule is C[C@@H]1CC[C@H](CCC#N)C1. The van der Waals surface area contributed by atoms with Crippen LogP contribution in [0.5, 0.6) is 0 Å². The van der Waals surface area contributed by atoms with Gasteiger partial charge in [-0.3, -0.25) is 0 Å². The van der Waals surface area contributed by atoms with Gasteiger partial charge in [-0.2, -0.15) is 5.26 Å². The van der Waals surface area contributed by atoms with Crippen molar-refractivity contribution in [2.24, 2.45) is 11.8 Å². The van der Waals surface area contributed by atoms with Crippen LogP contribution in [0.1, 0.15) is 39.0 Å². The number of rotatable bonds is 2. The molecule has 0 aromatic carbocycles. The molecule has 0 bridgehead atoms. The van der Waals surface area contributed by atoms with Crippen molar-refractivity contribution < 1.29 is 0 Å². The van der Waals surface area contributed by atoms with Gasteiger partial charge < -0.3 is 0 Å². The van der Waals surface area contributed by atoms with Crippen molar-refractivity contribution in [3.63, 3.8) is 0 Å². The van der Waals surface area contributed by atoms with E-state index in [0.717, 1.165) is 24.7 Å². The second-order valence-electron chi connectivity index (χ2n) is 3.48. The summed E-state index contributed by atoms with van der Waals surface area (Å²) in [7, 11) is 0. The quantitative estimate of drug-likeness (QED) is 0.574. The first-order chi connectivity index (χ1) is 4.83. The Hall–Kier alpha value is -0.510. The summed E-state index contributed by atoms with van der Waals surface area (Å²) >= 11 is 0. The van der Waals surface area contributed by atoms with Crippen molar-refractivity contribution in [2.75, 3.05) is 0 Å². The molecule has 1 saturated carbocycles. The summed E-state index contributed by atoms with van der Waals surface area (Å²) in [6, 6.07) is 2.21. The molecule has 2 atom stereocenters. The Balaban J connectivity index is 2.14. The van der Waals surface area contributed by atoms with Crippen molar-refractivity contribution in [3.05, 3.63) is 0 Å². The lowest BCUT2D eigenvalue weighted by atomic mass is 10.0. The van der Waals surface area contributed by atoms with Crippen LogP contribution in [0, 0.1) is 23.2 Å². The van der Waals surface area contributed by atoms with E-state index >= 15 is 0 Å². The maximum Gasteiger partial charge on any atom is 0.0621 e. The van der Waals surface area contributed by atoms with Crippen LogP contribution >= 0.6 is 0 Å². The summed E-state index contributed by atoms with van der Waals surface area (Å²) in [4.78, 5) is 0. The first kappa shape index (κ1) is 7.60. The summed E-state index contributed by atoms with van der Waals surface area (Å²) in [6.07, 6.45) is 6.01. The van der Waals surface area contributed by atoms with Gasteiger partial charge in [0.15, 0.2) is 0 Å². The Morgan fingerprint density at radius 1 is 1.50 bits per heavy atom. The van der Waals surface area contributed by atoms with Gasteiger partial charge in [-0.15, -0.1) is 0 Å². The molecule has 0 aromatic heterocycles. The lowest BCUT2D eigenvalue weighted by molar-refractivity contribution is 0.486. The molecule has 1 fully saturated rings. The molecule has 1 nitrogen and oxygen atoms in total. The molecule has 0 N–H and O–H groups in total. The summed E-state index contributed by atoms with van der Waals surface area (Å²) in [5.41, 5.74) is 0. The predicted molar refractivity (Wildman–Crippen MR) is 41.4 cm³/mol. The van der Waals surface area contributed by atoms with Gasteiger partial charge in [0, 0.05) is 6.42 Å². The summed E-state index contributed by atoms with van der Waals surface area (Å²) in [5.74, 6) is 1.79. The van der Waals surface area contributed by atoms with Gasteiger partial charge in [0.1, 0.15) is 0 Å². The Morgan fingerprint density at radius 3 is 2.80 bits per heavy atom. The van der Waals surface area contributed by atoms with E-state index in [1.807, 2.05) is 0 Å². The van der Waals surface area contributed by atoms with Crippen LogP contribution in [-0.2, 0) is 0 Å². The van der Waals surface area contributed by atoms with E-state index in [0.29, 0.717) is 0 Å². The molecule has 0 spiro atoms. The minimum atomic E-state index is 0.761. The van der Waals surface area contributed by atoms with Gasteiger partial charge in [0.05, 0.1) is 6.07 Å². The highest BCUT2D eigenvalue weighted by atomic mass is 14.3. The fourth-order valence-electron chi connectivity index (χ4n) is 1.86. The van der Waals surface area contributed by atoms with E-state index in [4.69, 9.17) is 5.26 Å². The molecule has 0 radical (unpaired) electrons. The van der Waals surface area contributed by atoms with E-state index in [2.05, 4.69) is 13.0 Å². The maximum atomic E-state index is 8.34. The maximum absolute atomic E-state index is 8.34. The normalized spacial score (nSPS) is 32.0. The van der Waals surface area contributed by atoms with Crippen molar-refractivity contribution in [1.82, 2.24) is 0 Å². The van der Waals surface area contributed by atoms with Crippen molar-refractivity contribution >= 4 is 0 Å². The summed E-state index contributed by atoms with van der Waals surface area (Å²) < 4.78 is 0. The molecular weight excluding hydrogens is 122 g/mol. The lowest BCUT2D eigenvalue weighted by Crippen LogP contribution is -1.92. The monoisotopic (exact) mass is 137 g/mol. The van der Waals surface area contributed by atoms with Crippen molar-refractivity contribution in [1.29, 1.82) is 5.26 Å². The van der Waals surface area contributed by atoms with Crippen LogP contribution in [0.25, 0.3) is 0 Å². The zero-order valence-corrected chi connectivity index (χ0v) is 6.64. The fraction of sp³-hybridized carbons (Fsp3) is 0.889. The zero-order valence-electron chi connectivity index (χ0n) is 6.64. The molecule has 0 aliphatic heterocycles. The smallest absolute Gasteiger partial charge is 0.0621 e. The standard InChI is InChI=1S/C9H15N/c1-8-4-5-9(7-8)3-2-6-10/h8-9H,2-5,7H2,1H3/t8-,9+/m1/s1. The minimum absolute atomic E-state index is 0.761. The second-order valence-corrected chi connectivity index (χ2v) is 3.48. The third kappa shape index (κ3) is 2.02. The van der Waals surface area contributed by atoms with Gasteiger partial charge >= 0.3 is 0 Å². The van der Waals surface area contributed by atoms with Crippen molar-refractivity contribution in [3.8, 4) is 6.07 Å². The second kappa shape index (κ2) is 3.61. The molecule has 56 valence electrons. The molecule has 0 amide bonds. The van der Waals surface area contributed by atoms with Gasteiger partial charge in [-0.05, 0) is 24.7 Å². The molecule has 0 saturated heterocycles. The minimum Gasteiger partial charge on any atom is -0.198 e. The highest BCUT2D eigenvalue weighted by Gasteiger charge is 2.20. The van der Waals surface area contributed by atoms with Gasteiger partial charge in [0.2, 0.25) is 0 Å². The Labute approximate surface area is 63.0 Å². The molecule has 0 aromatic rings. The first-order valence-electron chi connectivity index (χ1n) is 4.20. The predicted octanol–water partition coefficient (Wildman–Crippen LogP) is 2.73. The topological polar surface area (TPSA) is 23.8 Å². The molecular formula is C9H15N. The molecule has 1 heteroatoms. The molecule has 0 heterocycles. The molecule has 1 rings (SSSR count). The van der Waals surface area contributed by atoms with E-state index in [1.165, 1.54) is 19.3 Å². The average Bonchev–Trinajstić information content (AvgIpc) is 2.31. The third-order valence-corrected chi connectivity index (χ3v) is 2.47. The molecule has 0 unspecified atom stereocenters. The van der Waals surface area contributed by atoms with E-state index in [1.54, 1.807) is 0 Å². The van der Waals surface area contributed by atoms with Crippen molar-refractivity contribution in [2.45, 2.75) is 39.0 Å². The van der Waals surface area contributed by atoms with Crippen LogP contribution in [0.2, 0.25) is 0 Å². The number of nitrogens with zero attached hydrogens (tertiary/aromatic N) is 1. The van der Waals surface area contributed by atoms with E-state index in [-0.39, 0.29) is 0 Å².